The van der Waals surface area contributed by atoms with Crippen molar-refractivity contribution in [2.45, 2.75) is 522 Å². The number of hydrogen-bond acceptors (Lipinski definition) is 15. The Kier molecular flexibility index (Phi) is 82.6. The van der Waals surface area contributed by atoms with Crippen LogP contribution in [0.25, 0.3) is 0 Å². The molecule has 0 aliphatic rings. The van der Waals surface area contributed by atoms with E-state index in [-0.39, 0.29) is 25.7 Å². The van der Waals surface area contributed by atoms with Crippen molar-refractivity contribution in [1.29, 1.82) is 0 Å². The lowest BCUT2D eigenvalue weighted by atomic mass is 10.0. The van der Waals surface area contributed by atoms with Gasteiger partial charge in [-0.05, 0) is 37.5 Å². The van der Waals surface area contributed by atoms with Gasteiger partial charge in [0.15, 0.2) is 12.2 Å². The first-order valence-electron chi connectivity index (χ1n) is 48.0. The predicted octanol–water partition coefficient (Wildman–Crippen LogP) is 29.0. The Morgan fingerprint density at radius 1 is 0.241 bits per heavy atom. The first-order chi connectivity index (χ1) is 54.4. The third kappa shape index (κ3) is 85.9. The Hall–Kier alpha value is -1.94. The molecule has 0 rings (SSSR count). The molecule has 0 bridgehead atoms. The van der Waals surface area contributed by atoms with Gasteiger partial charge in [-0.1, -0.05) is 452 Å². The molecule has 0 saturated heterocycles. The molecule has 17 nitrogen and oxygen atoms in total. The number of carbonyl (C=O) groups excluding carboxylic acids is 4. The minimum atomic E-state index is -4.97. The third-order valence-corrected chi connectivity index (χ3v) is 23.9. The fourth-order valence-electron chi connectivity index (χ4n) is 14.7. The minimum absolute atomic E-state index is 0.109. The maximum Gasteiger partial charge on any atom is 0.472 e. The number of phosphoric acid groups is 2. The summed E-state index contributed by atoms with van der Waals surface area (Å²) in [5.74, 6) is -0.450. The van der Waals surface area contributed by atoms with Crippen LogP contribution in [0.1, 0.15) is 504 Å². The van der Waals surface area contributed by atoms with E-state index >= 15 is 0 Å². The smallest absolute Gasteiger partial charge is 0.462 e. The number of hydrogen-bond donors (Lipinski definition) is 3. The van der Waals surface area contributed by atoms with Crippen LogP contribution < -0.4 is 0 Å². The standard InChI is InChI=1S/C93H182O17P2/c1-7-9-11-13-15-17-19-20-21-22-23-24-32-37-42-47-53-59-65-71-77-92(97)109-88(81-103-90(95)75-69-63-57-51-18-16-14-12-10-8-2)83-107-111(99,100)105-79-87(94)80-106-112(101,102)108-84-89(110-93(98)78-72-66-60-54-48-43-38-33-28-26-30-35-40-45-50-56-62-68-74-86(5)6)82-104-91(96)76-70-64-58-52-46-41-36-31-27-25-29-34-39-44-49-55-61-67-73-85(3)4/h85-89,94H,7-84H2,1-6H3,(H,99,100)(H,101,102)/t87-,88+,89+/m0/s1. The topological polar surface area (TPSA) is 237 Å². The zero-order valence-corrected chi connectivity index (χ0v) is 75.8. The minimum Gasteiger partial charge on any atom is -0.462 e. The van der Waals surface area contributed by atoms with Crippen LogP contribution in [0, 0.1) is 11.8 Å². The second-order valence-corrected chi connectivity index (χ2v) is 37.3. The number of unbranched alkanes of at least 4 members (excludes halogenated alkanes) is 62. The lowest BCUT2D eigenvalue weighted by Crippen LogP contribution is -2.30. The number of esters is 4. The molecule has 0 fully saturated rings. The number of aliphatic hydroxyl groups is 1. The molecule has 0 aromatic heterocycles. The summed E-state index contributed by atoms with van der Waals surface area (Å²) in [6, 6.07) is 0. The van der Waals surface area contributed by atoms with Gasteiger partial charge in [0.1, 0.15) is 19.3 Å². The van der Waals surface area contributed by atoms with Gasteiger partial charge in [0.05, 0.1) is 26.4 Å². The predicted molar refractivity (Wildman–Crippen MR) is 465 cm³/mol. The molecule has 112 heavy (non-hydrogen) atoms. The van der Waals surface area contributed by atoms with Crippen LogP contribution >= 0.6 is 15.6 Å². The van der Waals surface area contributed by atoms with Crippen molar-refractivity contribution in [3.63, 3.8) is 0 Å². The molecule has 0 aliphatic carbocycles. The molecule has 5 atom stereocenters. The Labute approximate surface area is 689 Å². The van der Waals surface area contributed by atoms with E-state index in [4.69, 9.17) is 37.0 Å². The van der Waals surface area contributed by atoms with Crippen molar-refractivity contribution in [2.75, 3.05) is 39.6 Å². The van der Waals surface area contributed by atoms with Crippen molar-refractivity contribution < 1.29 is 80.2 Å². The van der Waals surface area contributed by atoms with E-state index in [1.54, 1.807) is 0 Å². The second kappa shape index (κ2) is 84.1. The highest BCUT2D eigenvalue weighted by atomic mass is 31.2. The summed E-state index contributed by atoms with van der Waals surface area (Å²) in [5, 5.41) is 10.7. The summed E-state index contributed by atoms with van der Waals surface area (Å²) < 4.78 is 69.1. The highest BCUT2D eigenvalue weighted by molar-refractivity contribution is 7.47. The largest absolute Gasteiger partial charge is 0.472 e. The summed E-state index contributed by atoms with van der Waals surface area (Å²) in [5.41, 5.74) is 0. The fraction of sp³-hybridized carbons (Fsp3) is 0.957. The molecule has 0 amide bonds. The fourth-order valence-corrected chi connectivity index (χ4v) is 16.2. The molecule has 0 aliphatic heterocycles. The summed E-state index contributed by atoms with van der Waals surface area (Å²) in [6.07, 6.45) is 79.3. The van der Waals surface area contributed by atoms with Crippen LogP contribution in [-0.4, -0.2) is 96.7 Å². The summed E-state index contributed by atoms with van der Waals surface area (Å²) in [7, 11) is -9.94. The monoisotopic (exact) mass is 1630 g/mol. The van der Waals surface area contributed by atoms with Gasteiger partial charge in [0, 0.05) is 25.7 Å². The SMILES string of the molecule is CCCCCCCCCCCCCCCCCCCCCCC(=O)O[C@H](COC(=O)CCCCCCCCCCCC)COP(=O)(O)OC[C@H](O)COP(=O)(O)OC[C@@H](COC(=O)CCCCCCCCCCCCCCCCCCCCC(C)C)OC(=O)CCCCCCCCCCCCCCCCCCCCC(C)C. The van der Waals surface area contributed by atoms with E-state index in [1.165, 1.54) is 321 Å². The molecular formula is C93H182O17P2. The van der Waals surface area contributed by atoms with Crippen molar-refractivity contribution in [3.05, 3.63) is 0 Å². The van der Waals surface area contributed by atoms with E-state index in [0.717, 1.165) is 102 Å². The average Bonchev–Trinajstić information content (AvgIpc) is 0.897. The Balaban J connectivity index is 5.21. The van der Waals surface area contributed by atoms with E-state index in [1.807, 2.05) is 0 Å². The number of aliphatic hydroxyl groups excluding tert-OH is 1. The van der Waals surface area contributed by atoms with Gasteiger partial charge in [-0.3, -0.25) is 37.3 Å². The Bertz CT molecular complexity index is 2130. The molecule has 0 aromatic carbocycles. The van der Waals surface area contributed by atoms with Gasteiger partial charge in [-0.15, -0.1) is 0 Å². The number of carbonyl (C=O) groups is 4. The van der Waals surface area contributed by atoms with Gasteiger partial charge in [-0.2, -0.15) is 0 Å². The zero-order chi connectivity index (χ0) is 82.0. The van der Waals surface area contributed by atoms with Gasteiger partial charge in [-0.25, -0.2) is 9.13 Å². The van der Waals surface area contributed by atoms with Gasteiger partial charge in [0.25, 0.3) is 0 Å². The van der Waals surface area contributed by atoms with Gasteiger partial charge in [0.2, 0.25) is 0 Å². The maximum absolute atomic E-state index is 13.2. The molecule has 666 valence electrons. The molecular weight excluding hydrogens is 1450 g/mol. The van der Waals surface area contributed by atoms with Crippen molar-refractivity contribution >= 4 is 39.5 Å². The lowest BCUT2D eigenvalue weighted by molar-refractivity contribution is -0.161. The summed E-state index contributed by atoms with van der Waals surface area (Å²) in [6.45, 7) is 9.78. The highest BCUT2D eigenvalue weighted by Gasteiger charge is 2.31. The quantitative estimate of drug-likeness (QED) is 0.0222. The van der Waals surface area contributed by atoms with Crippen LogP contribution in [0.4, 0.5) is 0 Å². The second-order valence-electron chi connectivity index (χ2n) is 34.4. The van der Waals surface area contributed by atoms with Crippen molar-refractivity contribution in [1.82, 2.24) is 0 Å². The molecule has 0 radical (unpaired) electrons. The van der Waals surface area contributed by atoms with Crippen LogP contribution in [0.3, 0.4) is 0 Å². The molecule has 0 aromatic rings. The first-order valence-corrected chi connectivity index (χ1v) is 51.0. The summed E-state index contributed by atoms with van der Waals surface area (Å²) in [4.78, 5) is 73.4. The van der Waals surface area contributed by atoms with E-state index in [0.29, 0.717) is 25.7 Å². The maximum atomic E-state index is 13.2. The average molecular weight is 1630 g/mol. The Morgan fingerprint density at radius 3 is 0.607 bits per heavy atom. The number of ether oxygens (including phenoxy) is 4. The summed E-state index contributed by atoms with van der Waals surface area (Å²) >= 11 is 0. The van der Waals surface area contributed by atoms with Crippen LogP contribution in [-0.2, 0) is 65.4 Å². The number of rotatable bonds is 92. The lowest BCUT2D eigenvalue weighted by Gasteiger charge is -2.21. The highest BCUT2D eigenvalue weighted by Crippen LogP contribution is 2.45. The third-order valence-electron chi connectivity index (χ3n) is 22.0. The first kappa shape index (κ1) is 110. The van der Waals surface area contributed by atoms with E-state index in [9.17, 15) is 43.2 Å². The zero-order valence-electron chi connectivity index (χ0n) is 74.0. The molecule has 2 unspecified atom stereocenters. The molecule has 3 N–H and O–H groups in total. The molecule has 19 heteroatoms. The van der Waals surface area contributed by atoms with E-state index in [2.05, 4.69) is 41.5 Å². The van der Waals surface area contributed by atoms with Crippen LogP contribution in [0.15, 0.2) is 0 Å². The van der Waals surface area contributed by atoms with E-state index < -0.39 is 97.5 Å². The number of phosphoric ester groups is 2. The van der Waals surface area contributed by atoms with Gasteiger partial charge < -0.3 is 33.8 Å². The Morgan fingerprint density at radius 2 is 0.411 bits per heavy atom. The molecule has 0 spiro atoms. The van der Waals surface area contributed by atoms with Crippen LogP contribution in [0.5, 0.6) is 0 Å². The van der Waals surface area contributed by atoms with Gasteiger partial charge >= 0.3 is 39.5 Å². The van der Waals surface area contributed by atoms with Crippen molar-refractivity contribution in [3.8, 4) is 0 Å². The molecule has 0 heterocycles. The normalized spacial score (nSPS) is 13.7. The molecule has 0 saturated carbocycles. The van der Waals surface area contributed by atoms with Crippen molar-refractivity contribution in [2.24, 2.45) is 11.8 Å². The van der Waals surface area contributed by atoms with Crippen LogP contribution in [0.2, 0.25) is 0 Å².